The van der Waals surface area contributed by atoms with Crippen molar-refractivity contribution >= 4 is 29.1 Å². The highest BCUT2D eigenvalue weighted by molar-refractivity contribution is 6.52. The lowest BCUT2D eigenvalue weighted by Crippen LogP contribution is -2.52. The van der Waals surface area contributed by atoms with Gasteiger partial charge in [-0.05, 0) is 24.1 Å². The lowest BCUT2D eigenvalue weighted by Gasteiger charge is -2.29. The highest BCUT2D eigenvalue weighted by Gasteiger charge is 2.52. The zero-order valence-corrected chi connectivity index (χ0v) is 18.4. The van der Waals surface area contributed by atoms with Crippen LogP contribution in [0.1, 0.15) is 5.56 Å². The largest absolute Gasteiger partial charge is 0.504 e. The Morgan fingerprint density at radius 1 is 1.26 bits per heavy atom. The van der Waals surface area contributed by atoms with Gasteiger partial charge in [-0.25, -0.2) is 14.2 Å². The minimum Gasteiger partial charge on any atom is -0.504 e. The van der Waals surface area contributed by atoms with Crippen LogP contribution >= 0.6 is 0 Å². The number of nitrogens with zero attached hydrogens (tertiary/aromatic N) is 2. The number of aliphatic hydroxyl groups excluding tert-OH is 1. The summed E-state index contributed by atoms with van der Waals surface area (Å²) in [5.74, 6) is -3.35. The molecule has 0 aliphatic carbocycles. The van der Waals surface area contributed by atoms with Gasteiger partial charge < -0.3 is 25.2 Å². The predicted octanol–water partition coefficient (Wildman–Crippen LogP) is 0.261. The molecule has 1 aromatic carbocycles. The normalized spacial score (nSPS) is 19.0. The van der Waals surface area contributed by atoms with Crippen molar-refractivity contribution in [2.75, 3.05) is 27.3 Å². The summed E-state index contributed by atoms with van der Waals surface area (Å²) in [6, 6.07) is 5.83. The Balaban J connectivity index is 1.78. The third-order valence-corrected chi connectivity index (χ3v) is 5.42. The van der Waals surface area contributed by atoms with Crippen molar-refractivity contribution in [2.45, 2.75) is 12.5 Å². The van der Waals surface area contributed by atoms with E-state index in [4.69, 9.17) is 9.47 Å². The molecule has 10 nitrogen and oxygen atoms in total. The van der Waals surface area contributed by atoms with E-state index in [0.717, 1.165) is 10.1 Å². The number of hydrogen-bond acceptors (Lipinski definition) is 7. The standard InChI is InChI=1S/C23H21FN4O6/c1-25-22(31)16-19(29)17-18-20(13(10-27-17)9-12-3-5-14(24)6-4-12)34-15(11-28(18)23(16)32)21(30)26-7-8-33-2/h3-6,10-11,20H,7-9H2,1-2H3,(H2-,25,26,29,30,31,32)/p+1. The van der Waals surface area contributed by atoms with Crippen LogP contribution in [0, 0.1) is 5.82 Å². The molecule has 3 N–H and O–H groups in total. The van der Waals surface area contributed by atoms with Gasteiger partial charge in [0.1, 0.15) is 5.82 Å². The molecule has 3 heterocycles. The Morgan fingerprint density at radius 2 is 2.00 bits per heavy atom. The first-order chi connectivity index (χ1) is 16.3. The van der Waals surface area contributed by atoms with Gasteiger partial charge in [-0.15, -0.1) is 4.58 Å². The van der Waals surface area contributed by atoms with Gasteiger partial charge >= 0.3 is 5.91 Å². The van der Waals surface area contributed by atoms with E-state index < -0.39 is 35.2 Å². The van der Waals surface area contributed by atoms with Crippen molar-refractivity contribution in [3.63, 3.8) is 0 Å². The van der Waals surface area contributed by atoms with Crippen LogP contribution in [0.2, 0.25) is 0 Å². The SMILES string of the molecule is CNC(=O)C1=C(O)C2=NC=C(Cc3ccc(F)cc3)C3OC(C(=O)NCCOC)=C[N+](=C23)C1=O. The van der Waals surface area contributed by atoms with Gasteiger partial charge in [0.15, 0.2) is 17.0 Å². The molecule has 3 aliphatic rings. The Morgan fingerprint density at radius 3 is 2.68 bits per heavy atom. The number of likely N-dealkylation sites (N-methyl/N-ethyl adjacent to an activating group) is 1. The van der Waals surface area contributed by atoms with Gasteiger partial charge in [-0.3, -0.25) is 9.59 Å². The van der Waals surface area contributed by atoms with Crippen LogP contribution in [0.3, 0.4) is 0 Å². The number of nitrogens with one attached hydrogen (secondary N) is 2. The van der Waals surface area contributed by atoms with Gasteiger partial charge in [0.25, 0.3) is 23.3 Å². The number of aliphatic hydroxyl groups is 1. The molecule has 4 rings (SSSR count). The second-order valence-electron chi connectivity index (χ2n) is 7.59. The summed E-state index contributed by atoms with van der Waals surface area (Å²) in [7, 11) is 2.82. The third-order valence-electron chi connectivity index (χ3n) is 5.42. The van der Waals surface area contributed by atoms with Crippen LogP contribution in [0.5, 0.6) is 0 Å². The summed E-state index contributed by atoms with van der Waals surface area (Å²) >= 11 is 0. The molecule has 0 fully saturated rings. The summed E-state index contributed by atoms with van der Waals surface area (Å²) < 4.78 is 25.3. The number of ether oxygens (including phenoxy) is 2. The van der Waals surface area contributed by atoms with E-state index in [1.54, 1.807) is 12.1 Å². The number of rotatable bonds is 7. The van der Waals surface area contributed by atoms with Crippen molar-refractivity contribution in [2.24, 2.45) is 4.99 Å². The molecule has 0 spiro atoms. The molecule has 0 saturated carbocycles. The molecule has 3 aliphatic heterocycles. The van der Waals surface area contributed by atoms with Crippen molar-refractivity contribution in [3.8, 4) is 0 Å². The molecule has 3 amide bonds. The van der Waals surface area contributed by atoms with E-state index >= 15 is 0 Å². The molecule has 11 heteroatoms. The topological polar surface area (TPSA) is 129 Å². The van der Waals surface area contributed by atoms with Crippen molar-refractivity contribution in [1.29, 1.82) is 0 Å². The minimum absolute atomic E-state index is 0.0128. The number of amides is 3. The van der Waals surface area contributed by atoms with Gasteiger partial charge in [0.2, 0.25) is 12.3 Å². The van der Waals surface area contributed by atoms with E-state index in [9.17, 15) is 23.9 Å². The summed E-state index contributed by atoms with van der Waals surface area (Å²) in [6.07, 6.45) is 1.94. The minimum atomic E-state index is -0.955. The number of carbonyl (C=O) groups excluding carboxylic acids is 3. The molecule has 0 bridgehead atoms. The third kappa shape index (κ3) is 4.13. The zero-order valence-electron chi connectivity index (χ0n) is 18.4. The van der Waals surface area contributed by atoms with E-state index in [2.05, 4.69) is 15.6 Å². The average Bonchev–Trinajstić information content (AvgIpc) is 2.84. The molecule has 1 atom stereocenters. The summed E-state index contributed by atoms with van der Waals surface area (Å²) in [5.41, 5.74) is 0.978. The van der Waals surface area contributed by atoms with Crippen molar-refractivity contribution in [1.82, 2.24) is 10.6 Å². The second kappa shape index (κ2) is 9.40. The highest BCUT2D eigenvalue weighted by Crippen LogP contribution is 2.30. The number of benzene rings is 1. The number of halogens is 1. The van der Waals surface area contributed by atoms with E-state index in [-0.39, 0.29) is 42.6 Å². The Bertz CT molecular complexity index is 1230. The molecule has 0 radical (unpaired) electrons. The molecule has 176 valence electrons. The fourth-order valence-electron chi connectivity index (χ4n) is 3.76. The number of carbonyl (C=O) groups is 3. The molecule has 1 unspecified atom stereocenters. The summed E-state index contributed by atoms with van der Waals surface area (Å²) in [6.45, 7) is 0.479. The van der Waals surface area contributed by atoms with Crippen molar-refractivity contribution in [3.05, 3.63) is 70.7 Å². The van der Waals surface area contributed by atoms with E-state index in [0.29, 0.717) is 5.57 Å². The predicted molar refractivity (Wildman–Crippen MR) is 117 cm³/mol. The molecule has 0 aromatic heterocycles. The first kappa shape index (κ1) is 23.1. The fourth-order valence-corrected chi connectivity index (χ4v) is 3.76. The molecule has 0 saturated heterocycles. The molecular weight excluding hydrogens is 447 g/mol. The van der Waals surface area contributed by atoms with E-state index in [1.807, 2.05) is 0 Å². The van der Waals surface area contributed by atoms with E-state index in [1.165, 1.54) is 38.7 Å². The van der Waals surface area contributed by atoms with Gasteiger partial charge in [0, 0.05) is 32.5 Å². The number of allylic oxidation sites excluding steroid dienone is 1. The smallest absolute Gasteiger partial charge is 0.434 e. The van der Waals surface area contributed by atoms with Crippen LogP contribution in [0.15, 0.2) is 64.3 Å². The lowest BCUT2D eigenvalue weighted by atomic mass is 9.89. The molecular formula is C23H22FN4O6+. The first-order valence-corrected chi connectivity index (χ1v) is 10.4. The van der Waals surface area contributed by atoms with Crippen molar-refractivity contribution < 1.29 is 37.9 Å². The van der Waals surface area contributed by atoms with Gasteiger partial charge in [0.05, 0.1) is 6.61 Å². The van der Waals surface area contributed by atoms with Gasteiger partial charge in [-0.1, -0.05) is 12.1 Å². The molecule has 34 heavy (non-hydrogen) atoms. The highest BCUT2D eigenvalue weighted by atomic mass is 19.1. The number of methoxy groups -OCH3 is 1. The quantitative estimate of drug-likeness (QED) is 0.299. The van der Waals surface area contributed by atoms with Crippen LogP contribution < -0.4 is 10.6 Å². The summed E-state index contributed by atoms with van der Waals surface area (Å²) in [5, 5.41) is 15.6. The molecule has 1 aromatic rings. The maximum absolute atomic E-state index is 13.3. The van der Waals surface area contributed by atoms with Gasteiger partial charge in [-0.2, -0.15) is 0 Å². The average molecular weight is 469 g/mol. The zero-order chi connectivity index (χ0) is 24.4. The fraction of sp³-hybridized carbons (Fsp3) is 0.261. The summed E-state index contributed by atoms with van der Waals surface area (Å²) in [4.78, 5) is 42.5. The maximum Gasteiger partial charge on any atom is 0.434 e. The lowest BCUT2D eigenvalue weighted by molar-refractivity contribution is -0.385. The maximum atomic E-state index is 13.3. The Hall–Kier alpha value is -4.12. The Labute approximate surface area is 193 Å². The number of aliphatic imine (C=N–C) groups is 1. The second-order valence-corrected chi connectivity index (χ2v) is 7.59. The number of hydrogen-bond donors (Lipinski definition) is 3. The first-order valence-electron chi connectivity index (χ1n) is 10.4. The van der Waals surface area contributed by atoms with Crippen LogP contribution in [-0.2, 0) is 30.3 Å². The monoisotopic (exact) mass is 469 g/mol. The van der Waals surface area contributed by atoms with Crippen LogP contribution in [0.25, 0.3) is 0 Å². The van der Waals surface area contributed by atoms with Crippen LogP contribution in [0.4, 0.5) is 4.39 Å². The Kier molecular flexibility index (Phi) is 6.37. The van der Waals surface area contributed by atoms with Crippen LogP contribution in [-0.4, -0.2) is 72.2 Å².